The number of hydrogen-bond acceptors (Lipinski definition) is 3. The molecule has 0 saturated heterocycles. The smallest absolute Gasteiger partial charge is 0.314 e. The molecule has 30 heavy (non-hydrogen) atoms. The van der Waals surface area contributed by atoms with Gasteiger partial charge >= 0.3 is 6.18 Å². The van der Waals surface area contributed by atoms with E-state index in [-0.39, 0.29) is 6.04 Å². The molecule has 8 heteroatoms. The van der Waals surface area contributed by atoms with Gasteiger partial charge in [-0.2, -0.15) is 13.2 Å². The van der Waals surface area contributed by atoms with Gasteiger partial charge in [0, 0.05) is 25.6 Å². The van der Waals surface area contributed by atoms with E-state index in [1.165, 1.54) is 0 Å². The molecule has 0 amide bonds. The van der Waals surface area contributed by atoms with Crippen molar-refractivity contribution < 1.29 is 13.2 Å². The van der Waals surface area contributed by atoms with E-state index >= 15 is 0 Å². The number of anilines is 2. The molecule has 4 nitrogen and oxygen atoms in total. The number of hydrogen-bond donors (Lipinski definition) is 1. The molecule has 2 aliphatic rings. The zero-order valence-electron chi connectivity index (χ0n) is 17.6. The quantitative estimate of drug-likeness (QED) is 0.630. The van der Waals surface area contributed by atoms with Crippen molar-refractivity contribution in [1.82, 2.24) is 14.9 Å². The third kappa shape index (κ3) is 4.06. The molecule has 1 unspecified atom stereocenters. The lowest BCUT2D eigenvalue weighted by Crippen LogP contribution is -2.35. The fourth-order valence-corrected chi connectivity index (χ4v) is 5.09. The molecule has 0 bridgehead atoms. The number of nitrogens with zero attached hydrogens (tertiary/aromatic N) is 3. The predicted molar refractivity (Wildman–Crippen MR) is 114 cm³/mol. The molecule has 1 aromatic carbocycles. The van der Waals surface area contributed by atoms with Gasteiger partial charge in [-0.3, -0.25) is 0 Å². The fourth-order valence-electron chi connectivity index (χ4n) is 4.67. The van der Waals surface area contributed by atoms with Gasteiger partial charge in [0.1, 0.15) is 0 Å². The van der Waals surface area contributed by atoms with Crippen molar-refractivity contribution >= 4 is 23.2 Å². The van der Waals surface area contributed by atoms with Crippen molar-refractivity contribution in [3.05, 3.63) is 39.7 Å². The van der Waals surface area contributed by atoms with Crippen LogP contribution in [0.15, 0.2) is 12.1 Å². The molecule has 2 heterocycles. The van der Waals surface area contributed by atoms with Gasteiger partial charge in [0.05, 0.1) is 16.4 Å². The SMILES string of the molecule is CCNC(Cc1c(C(F)(F)F)nc2n1CCCN2c1c(C)cc(C)cc1Cl)C1CC1. The maximum Gasteiger partial charge on any atom is 0.435 e. The minimum Gasteiger partial charge on any atom is -0.314 e. The number of aryl methyl sites for hydroxylation is 2. The number of benzene rings is 1. The number of alkyl halides is 3. The van der Waals surface area contributed by atoms with Crippen molar-refractivity contribution in [3.8, 4) is 0 Å². The molecule has 1 aromatic heterocycles. The van der Waals surface area contributed by atoms with E-state index in [9.17, 15) is 13.2 Å². The Bertz CT molecular complexity index is 910. The van der Waals surface area contributed by atoms with Gasteiger partial charge in [0.2, 0.25) is 5.95 Å². The molecular formula is C22H28ClF3N4. The summed E-state index contributed by atoms with van der Waals surface area (Å²) in [6.45, 7) is 7.77. The average molecular weight is 441 g/mol. The van der Waals surface area contributed by atoms with Gasteiger partial charge < -0.3 is 14.8 Å². The van der Waals surface area contributed by atoms with E-state index in [4.69, 9.17) is 11.6 Å². The number of imidazole rings is 1. The Morgan fingerprint density at radius 1 is 1.23 bits per heavy atom. The molecule has 4 rings (SSSR count). The minimum absolute atomic E-state index is 0.0528. The number of halogens is 4. The van der Waals surface area contributed by atoms with Gasteiger partial charge in [0.25, 0.3) is 0 Å². The third-order valence-corrected chi connectivity index (χ3v) is 6.35. The Labute approximate surface area is 180 Å². The maximum atomic E-state index is 14.0. The van der Waals surface area contributed by atoms with Gasteiger partial charge in [-0.1, -0.05) is 24.6 Å². The monoisotopic (exact) mass is 440 g/mol. The summed E-state index contributed by atoms with van der Waals surface area (Å²) < 4.78 is 43.7. The van der Waals surface area contributed by atoms with Gasteiger partial charge in [-0.25, -0.2) is 4.98 Å². The van der Waals surface area contributed by atoms with Crippen LogP contribution < -0.4 is 10.2 Å². The highest BCUT2D eigenvalue weighted by atomic mass is 35.5. The molecule has 1 aliphatic heterocycles. The summed E-state index contributed by atoms with van der Waals surface area (Å²) >= 11 is 6.54. The van der Waals surface area contributed by atoms with E-state index in [2.05, 4.69) is 10.3 Å². The van der Waals surface area contributed by atoms with Crippen LogP contribution in [-0.4, -0.2) is 28.7 Å². The Kier molecular flexibility index (Phi) is 5.79. The van der Waals surface area contributed by atoms with Crippen LogP contribution in [0.1, 0.15) is 48.7 Å². The molecule has 2 aromatic rings. The Hall–Kier alpha value is -1.73. The topological polar surface area (TPSA) is 33.1 Å². The van der Waals surface area contributed by atoms with Crippen molar-refractivity contribution in [2.24, 2.45) is 5.92 Å². The molecule has 1 N–H and O–H groups in total. The summed E-state index contributed by atoms with van der Waals surface area (Å²) in [6.07, 6.45) is -1.26. The van der Waals surface area contributed by atoms with Crippen LogP contribution >= 0.6 is 11.6 Å². The normalized spacial score (nSPS) is 17.9. The molecule has 1 aliphatic carbocycles. The zero-order valence-corrected chi connectivity index (χ0v) is 18.4. The second-order valence-electron chi connectivity index (χ2n) is 8.48. The first-order valence-corrected chi connectivity index (χ1v) is 11.0. The lowest BCUT2D eigenvalue weighted by molar-refractivity contribution is -0.141. The van der Waals surface area contributed by atoms with Crippen LogP contribution in [0.25, 0.3) is 0 Å². The minimum atomic E-state index is -4.49. The molecule has 0 radical (unpaired) electrons. The third-order valence-electron chi connectivity index (χ3n) is 6.06. The average Bonchev–Trinajstić information content (AvgIpc) is 3.42. The first-order valence-electron chi connectivity index (χ1n) is 10.6. The van der Waals surface area contributed by atoms with Gasteiger partial charge in [-0.05, 0) is 62.8 Å². The summed E-state index contributed by atoms with van der Waals surface area (Å²) in [5.74, 6) is 0.800. The van der Waals surface area contributed by atoms with Crippen LogP contribution in [0.5, 0.6) is 0 Å². The van der Waals surface area contributed by atoms with Crippen LogP contribution in [0.3, 0.4) is 0 Å². The van der Waals surface area contributed by atoms with E-state index in [1.54, 1.807) is 4.57 Å². The lowest BCUT2D eigenvalue weighted by atomic mass is 10.0. The molecule has 0 spiro atoms. The number of likely N-dealkylation sites (N-methyl/N-ethyl adjacent to an activating group) is 1. The van der Waals surface area contributed by atoms with Crippen LogP contribution in [-0.2, 0) is 19.1 Å². The first kappa shape index (κ1) is 21.5. The molecule has 164 valence electrons. The number of rotatable bonds is 6. The summed E-state index contributed by atoms with van der Waals surface area (Å²) in [5.41, 5.74) is 2.25. The van der Waals surface area contributed by atoms with Gasteiger partial charge in [-0.15, -0.1) is 0 Å². The Balaban J connectivity index is 1.80. The second-order valence-corrected chi connectivity index (χ2v) is 8.89. The summed E-state index contributed by atoms with van der Waals surface area (Å²) in [4.78, 5) is 6.01. The van der Waals surface area contributed by atoms with Crippen molar-refractivity contribution in [2.45, 2.75) is 65.2 Å². The van der Waals surface area contributed by atoms with E-state index in [0.717, 1.165) is 42.6 Å². The lowest BCUT2D eigenvalue weighted by Gasteiger charge is -2.32. The zero-order chi connectivity index (χ0) is 21.6. The largest absolute Gasteiger partial charge is 0.435 e. The summed E-state index contributed by atoms with van der Waals surface area (Å²) in [7, 11) is 0. The number of aromatic nitrogens is 2. The maximum absolute atomic E-state index is 14.0. The van der Waals surface area contributed by atoms with Crippen LogP contribution in [0, 0.1) is 19.8 Å². The van der Waals surface area contributed by atoms with Crippen molar-refractivity contribution in [2.75, 3.05) is 18.0 Å². The highest BCUT2D eigenvalue weighted by molar-refractivity contribution is 6.33. The standard InChI is InChI=1S/C22H28ClF3N4/c1-4-27-17(15-6-7-15)12-18-20(22(24,25)26)28-21-29(18)8-5-9-30(21)19-14(3)10-13(2)11-16(19)23/h10-11,15,17,27H,4-9,12H2,1-3H3. The highest BCUT2D eigenvalue weighted by Crippen LogP contribution is 2.43. The van der Waals surface area contributed by atoms with Crippen LogP contribution in [0.2, 0.25) is 5.02 Å². The van der Waals surface area contributed by atoms with E-state index in [0.29, 0.717) is 42.1 Å². The van der Waals surface area contributed by atoms with Crippen molar-refractivity contribution in [3.63, 3.8) is 0 Å². The van der Waals surface area contributed by atoms with E-state index < -0.39 is 11.9 Å². The Morgan fingerprint density at radius 3 is 2.57 bits per heavy atom. The Morgan fingerprint density at radius 2 is 1.97 bits per heavy atom. The molecule has 1 saturated carbocycles. The van der Waals surface area contributed by atoms with Crippen LogP contribution in [0.4, 0.5) is 24.8 Å². The summed E-state index contributed by atoms with van der Waals surface area (Å²) in [5, 5.41) is 3.94. The molecular weight excluding hydrogens is 413 g/mol. The number of nitrogens with one attached hydrogen (secondary N) is 1. The molecule has 1 atom stereocenters. The second kappa shape index (κ2) is 8.08. The number of fused-ring (bicyclic) bond motifs is 1. The molecule has 1 fully saturated rings. The first-order chi connectivity index (χ1) is 14.2. The predicted octanol–water partition coefficient (Wildman–Crippen LogP) is 5.64. The van der Waals surface area contributed by atoms with Gasteiger partial charge in [0.15, 0.2) is 5.69 Å². The highest BCUT2D eigenvalue weighted by Gasteiger charge is 2.42. The van der Waals surface area contributed by atoms with Crippen molar-refractivity contribution in [1.29, 1.82) is 0 Å². The fraction of sp³-hybridized carbons (Fsp3) is 0.591. The van der Waals surface area contributed by atoms with E-state index in [1.807, 2.05) is 37.8 Å². The summed E-state index contributed by atoms with van der Waals surface area (Å²) in [6, 6.07) is 3.91.